The molecule has 0 amide bonds. The van der Waals surface area contributed by atoms with E-state index >= 15 is 0 Å². The van der Waals surface area contributed by atoms with Crippen LogP contribution >= 0.6 is 0 Å². The lowest BCUT2D eigenvalue weighted by atomic mass is 10.0. The highest BCUT2D eigenvalue weighted by Gasteiger charge is 2.18. The van der Waals surface area contributed by atoms with Gasteiger partial charge in [0, 0.05) is 12.1 Å². The van der Waals surface area contributed by atoms with Crippen LogP contribution in [0, 0.1) is 0 Å². The summed E-state index contributed by atoms with van der Waals surface area (Å²) in [6.45, 7) is 4.94. The lowest BCUT2D eigenvalue weighted by molar-refractivity contribution is 0.174. The van der Waals surface area contributed by atoms with Crippen LogP contribution in [0.4, 0.5) is 0 Å². The number of nitrogens with one attached hydrogen (secondary N) is 1. The molecular formula is C12H19NO2. The van der Waals surface area contributed by atoms with Crippen LogP contribution in [-0.2, 0) is 0 Å². The van der Waals surface area contributed by atoms with E-state index in [1.807, 2.05) is 31.2 Å². The van der Waals surface area contributed by atoms with E-state index in [-0.39, 0.29) is 12.1 Å². The topological polar surface area (TPSA) is 45.4 Å². The molecule has 0 aliphatic rings. The van der Waals surface area contributed by atoms with Crippen molar-refractivity contribution in [3.8, 4) is 0 Å². The summed E-state index contributed by atoms with van der Waals surface area (Å²) in [5.41, 5.74) is -0.187. The highest BCUT2D eigenvalue weighted by Crippen LogP contribution is 2.07. The van der Waals surface area contributed by atoms with Crippen molar-refractivity contribution in [2.75, 3.05) is 13.2 Å². The first kappa shape index (κ1) is 12.0. The van der Waals surface area contributed by atoms with Gasteiger partial charge in [-0.15, -0.1) is 0 Å². The Morgan fingerprint density at radius 1 is 1.60 bits per heavy atom. The largest absolute Gasteiger partial charge is 0.465 e. The van der Waals surface area contributed by atoms with Gasteiger partial charge in [-0.3, -0.25) is 0 Å². The van der Waals surface area contributed by atoms with Gasteiger partial charge >= 0.3 is 0 Å². The van der Waals surface area contributed by atoms with Gasteiger partial charge in [-0.05, 0) is 31.6 Å². The monoisotopic (exact) mass is 209 g/mol. The zero-order valence-corrected chi connectivity index (χ0v) is 9.36. The molecule has 1 aromatic rings. The normalized spacial score (nSPS) is 15.7. The molecule has 0 saturated heterocycles. The molecule has 1 atom stereocenters. The third kappa shape index (κ3) is 3.90. The number of hydrogen-bond donors (Lipinski definition) is 2. The van der Waals surface area contributed by atoms with E-state index in [0.717, 1.165) is 18.7 Å². The van der Waals surface area contributed by atoms with E-state index in [1.165, 1.54) is 0 Å². The first-order valence-corrected chi connectivity index (χ1v) is 5.26. The van der Waals surface area contributed by atoms with E-state index in [4.69, 9.17) is 9.52 Å². The standard InChI is InChI=1S/C12H19NO2/c1-3-12(2,10-14)13-8-4-6-11-7-5-9-15-11/h4-7,9,13-14H,3,8,10H2,1-2H3/b6-4+. The maximum absolute atomic E-state index is 9.16. The Morgan fingerprint density at radius 2 is 2.40 bits per heavy atom. The molecule has 0 bridgehead atoms. The molecule has 0 aliphatic heterocycles. The minimum Gasteiger partial charge on any atom is -0.465 e. The van der Waals surface area contributed by atoms with Gasteiger partial charge in [-0.2, -0.15) is 0 Å². The zero-order chi connectivity index (χ0) is 11.1. The van der Waals surface area contributed by atoms with E-state index in [1.54, 1.807) is 6.26 Å². The Balaban J connectivity index is 2.32. The average molecular weight is 209 g/mol. The molecule has 84 valence electrons. The molecule has 15 heavy (non-hydrogen) atoms. The second-order valence-electron chi connectivity index (χ2n) is 3.87. The molecule has 0 aromatic carbocycles. The summed E-state index contributed by atoms with van der Waals surface area (Å²) in [6.07, 6.45) is 6.46. The van der Waals surface area contributed by atoms with Crippen LogP contribution in [0.2, 0.25) is 0 Å². The lowest BCUT2D eigenvalue weighted by Gasteiger charge is -2.26. The van der Waals surface area contributed by atoms with Crippen molar-refractivity contribution in [3.63, 3.8) is 0 Å². The van der Waals surface area contributed by atoms with Crippen molar-refractivity contribution in [3.05, 3.63) is 30.2 Å². The van der Waals surface area contributed by atoms with Gasteiger partial charge in [-0.1, -0.05) is 13.0 Å². The Bertz CT molecular complexity index is 287. The van der Waals surface area contributed by atoms with Crippen molar-refractivity contribution >= 4 is 6.08 Å². The number of rotatable bonds is 6. The van der Waals surface area contributed by atoms with E-state index < -0.39 is 0 Å². The first-order valence-electron chi connectivity index (χ1n) is 5.26. The molecule has 0 radical (unpaired) electrons. The summed E-state index contributed by atoms with van der Waals surface area (Å²) >= 11 is 0. The van der Waals surface area contributed by atoms with Crippen molar-refractivity contribution in [1.82, 2.24) is 5.32 Å². The lowest BCUT2D eigenvalue weighted by Crippen LogP contribution is -2.45. The fourth-order valence-corrected chi connectivity index (χ4v) is 1.16. The second-order valence-corrected chi connectivity index (χ2v) is 3.87. The average Bonchev–Trinajstić information content (AvgIpc) is 2.77. The van der Waals surface area contributed by atoms with Crippen LogP contribution in [0.15, 0.2) is 28.9 Å². The molecule has 0 spiro atoms. The fraction of sp³-hybridized carbons (Fsp3) is 0.500. The smallest absolute Gasteiger partial charge is 0.126 e. The van der Waals surface area contributed by atoms with Crippen LogP contribution < -0.4 is 5.32 Å². The minimum atomic E-state index is -0.187. The molecule has 1 unspecified atom stereocenters. The van der Waals surface area contributed by atoms with Crippen LogP contribution in [-0.4, -0.2) is 23.8 Å². The van der Waals surface area contributed by atoms with Crippen LogP contribution in [0.3, 0.4) is 0 Å². The number of hydrogen-bond acceptors (Lipinski definition) is 3. The summed E-state index contributed by atoms with van der Waals surface area (Å²) in [7, 11) is 0. The molecular weight excluding hydrogens is 190 g/mol. The molecule has 1 heterocycles. The zero-order valence-electron chi connectivity index (χ0n) is 9.36. The van der Waals surface area contributed by atoms with E-state index in [9.17, 15) is 0 Å². The Kier molecular flexibility index (Phi) is 4.59. The molecule has 0 fully saturated rings. The van der Waals surface area contributed by atoms with Gasteiger partial charge < -0.3 is 14.8 Å². The van der Waals surface area contributed by atoms with Gasteiger partial charge in [0.15, 0.2) is 0 Å². The van der Waals surface area contributed by atoms with Crippen molar-refractivity contribution < 1.29 is 9.52 Å². The summed E-state index contributed by atoms with van der Waals surface area (Å²) in [5.74, 6) is 0.846. The molecule has 0 saturated carbocycles. The van der Waals surface area contributed by atoms with Crippen molar-refractivity contribution in [1.29, 1.82) is 0 Å². The Hall–Kier alpha value is -1.06. The summed E-state index contributed by atoms with van der Waals surface area (Å²) in [6, 6.07) is 3.76. The van der Waals surface area contributed by atoms with Crippen LogP contribution in [0.5, 0.6) is 0 Å². The Morgan fingerprint density at radius 3 is 2.93 bits per heavy atom. The summed E-state index contributed by atoms with van der Waals surface area (Å²) in [4.78, 5) is 0. The van der Waals surface area contributed by atoms with Gasteiger partial charge in [0.2, 0.25) is 0 Å². The van der Waals surface area contributed by atoms with E-state index in [2.05, 4.69) is 12.2 Å². The maximum Gasteiger partial charge on any atom is 0.126 e. The number of aliphatic hydroxyl groups is 1. The molecule has 1 rings (SSSR count). The van der Waals surface area contributed by atoms with Crippen LogP contribution in [0.25, 0.3) is 6.08 Å². The molecule has 1 aromatic heterocycles. The molecule has 3 heteroatoms. The number of furan rings is 1. The predicted octanol–water partition coefficient (Wildman–Crippen LogP) is 2.04. The van der Waals surface area contributed by atoms with Gasteiger partial charge in [0.25, 0.3) is 0 Å². The molecule has 2 N–H and O–H groups in total. The quantitative estimate of drug-likeness (QED) is 0.753. The van der Waals surface area contributed by atoms with E-state index in [0.29, 0.717) is 0 Å². The highest BCUT2D eigenvalue weighted by molar-refractivity contribution is 5.42. The fourth-order valence-electron chi connectivity index (χ4n) is 1.16. The minimum absolute atomic E-state index is 0.151. The molecule has 0 aliphatic carbocycles. The predicted molar refractivity (Wildman–Crippen MR) is 61.5 cm³/mol. The van der Waals surface area contributed by atoms with Gasteiger partial charge in [0.05, 0.1) is 12.9 Å². The summed E-state index contributed by atoms with van der Waals surface area (Å²) in [5, 5.41) is 12.4. The maximum atomic E-state index is 9.16. The van der Waals surface area contributed by atoms with Gasteiger partial charge in [0.1, 0.15) is 5.76 Å². The Labute approximate surface area is 90.8 Å². The highest BCUT2D eigenvalue weighted by atomic mass is 16.3. The van der Waals surface area contributed by atoms with Gasteiger partial charge in [-0.25, -0.2) is 0 Å². The van der Waals surface area contributed by atoms with Crippen molar-refractivity contribution in [2.24, 2.45) is 0 Å². The first-order chi connectivity index (χ1) is 7.20. The number of aliphatic hydroxyl groups excluding tert-OH is 1. The van der Waals surface area contributed by atoms with Crippen molar-refractivity contribution in [2.45, 2.75) is 25.8 Å². The third-order valence-corrected chi connectivity index (χ3v) is 2.60. The second kappa shape index (κ2) is 5.73. The molecule has 3 nitrogen and oxygen atoms in total. The third-order valence-electron chi connectivity index (χ3n) is 2.60. The summed E-state index contributed by atoms with van der Waals surface area (Å²) < 4.78 is 5.15. The SMILES string of the molecule is CCC(C)(CO)NC/C=C/c1ccco1. The van der Waals surface area contributed by atoms with Crippen LogP contribution in [0.1, 0.15) is 26.0 Å².